The van der Waals surface area contributed by atoms with Crippen LogP contribution in [0.4, 0.5) is 0 Å². The van der Waals surface area contributed by atoms with Gasteiger partial charge in [0, 0.05) is 0 Å². The van der Waals surface area contributed by atoms with E-state index in [-0.39, 0.29) is 13.2 Å². The molecule has 0 fully saturated rings. The van der Waals surface area contributed by atoms with Gasteiger partial charge in [0.1, 0.15) is 18.3 Å². The molecule has 0 saturated carbocycles. The van der Waals surface area contributed by atoms with Gasteiger partial charge in [0.15, 0.2) is 0 Å². The molecular formula is C29H34O5. The SMILES string of the molecule is C=CCOC[C@H](OCc1ccccc1)[C@H](OCc1ccccc1)[C@H](CO)OCc1ccccc1. The molecule has 5 nitrogen and oxygen atoms in total. The van der Waals surface area contributed by atoms with Gasteiger partial charge in [-0.1, -0.05) is 97.1 Å². The Kier molecular flexibility index (Phi) is 11.5. The topological polar surface area (TPSA) is 57.2 Å². The van der Waals surface area contributed by atoms with Gasteiger partial charge in [0.05, 0.1) is 39.6 Å². The van der Waals surface area contributed by atoms with E-state index < -0.39 is 18.3 Å². The van der Waals surface area contributed by atoms with E-state index in [1.807, 2.05) is 91.0 Å². The van der Waals surface area contributed by atoms with Crippen LogP contribution in [0.5, 0.6) is 0 Å². The zero-order valence-electron chi connectivity index (χ0n) is 19.5. The first kappa shape index (κ1) is 25.8. The quantitative estimate of drug-likeness (QED) is 0.241. The molecular weight excluding hydrogens is 428 g/mol. The van der Waals surface area contributed by atoms with Crippen LogP contribution in [0.25, 0.3) is 0 Å². The first-order valence-corrected chi connectivity index (χ1v) is 11.6. The highest BCUT2D eigenvalue weighted by Gasteiger charge is 2.32. The van der Waals surface area contributed by atoms with Gasteiger partial charge < -0.3 is 24.1 Å². The maximum Gasteiger partial charge on any atom is 0.115 e. The highest BCUT2D eigenvalue weighted by molar-refractivity contribution is 5.15. The molecule has 0 unspecified atom stereocenters. The molecule has 5 heteroatoms. The van der Waals surface area contributed by atoms with Crippen molar-refractivity contribution in [3.63, 3.8) is 0 Å². The number of hydrogen-bond donors (Lipinski definition) is 1. The van der Waals surface area contributed by atoms with E-state index in [9.17, 15) is 5.11 Å². The zero-order chi connectivity index (χ0) is 23.8. The van der Waals surface area contributed by atoms with Crippen LogP contribution in [0.3, 0.4) is 0 Å². The lowest BCUT2D eigenvalue weighted by atomic mass is 10.1. The van der Waals surface area contributed by atoms with Crippen LogP contribution < -0.4 is 0 Å². The standard InChI is InChI=1S/C29H34O5/c1-2-18-31-23-28(33-21-25-14-8-4-9-15-25)29(34-22-26-16-10-5-11-17-26)27(19-30)32-20-24-12-6-3-7-13-24/h2-17,27-30H,1,18-23H2/t27-,28-,29+/m0/s1. The maximum absolute atomic E-state index is 10.3. The summed E-state index contributed by atoms with van der Waals surface area (Å²) < 4.78 is 24.5. The number of aliphatic hydroxyl groups excluding tert-OH is 1. The van der Waals surface area contributed by atoms with Gasteiger partial charge in [-0.25, -0.2) is 0 Å². The number of rotatable bonds is 16. The largest absolute Gasteiger partial charge is 0.394 e. The van der Waals surface area contributed by atoms with E-state index in [2.05, 4.69) is 6.58 Å². The molecule has 0 aliphatic rings. The fourth-order valence-electron chi connectivity index (χ4n) is 3.53. The minimum absolute atomic E-state index is 0.209. The van der Waals surface area contributed by atoms with Gasteiger partial charge in [-0.2, -0.15) is 0 Å². The highest BCUT2D eigenvalue weighted by atomic mass is 16.6. The number of ether oxygens (including phenoxy) is 4. The van der Waals surface area contributed by atoms with Gasteiger partial charge in [0.25, 0.3) is 0 Å². The molecule has 0 radical (unpaired) electrons. The third kappa shape index (κ3) is 8.86. The van der Waals surface area contributed by atoms with Gasteiger partial charge in [-0.15, -0.1) is 6.58 Å². The maximum atomic E-state index is 10.3. The first-order valence-electron chi connectivity index (χ1n) is 11.6. The number of hydrogen-bond acceptors (Lipinski definition) is 5. The van der Waals surface area contributed by atoms with Gasteiger partial charge in [-0.05, 0) is 16.7 Å². The summed E-state index contributed by atoms with van der Waals surface area (Å²) in [6.07, 6.45) is 0.0834. The third-order valence-corrected chi connectivity index (χ3v) is 5.33. The van der Waals surface area contributed by atoms with Gasteiger partial charge in [0.2, 0.25) is 0 Å². The average Bonchev–Trinajstić information content (AvgIpc) is 2.90. The number of aliphatic hydroxyl groups is 1. The van der Waals surface area contributed by atoms with E-state index in [0.717, 1.165) is 16.7 Å². The van der Waals surface area contributed by atoms with Crippen molar-refractivity contribution < 1.29 is 24.1 Å². The summed E-state index contributed by atoms with van der Waals surface area (Å²) in [7, 11) is 0. The van der Waals surface area contributed by atoms with E-state index >= 15 is 0 Å². The summed E-state index contributed by atoms with van der Waals surface area (Å²) in [5.74, 6) is 0. The van der Waals surface area contributed by atoms with E-state index in [4.69, 9.17) is 18.9 Å². The Morgan fingerprint density at radius 2 is 1.09 bits per heavy atom. The van der Waals surface area contributed by atoms with E-state index in [0.29, 0.717) is 26.4 Å². The second-order valence-corrected chi connectivity index (χ2v) is 7.94. The second-order valence-electron chi connectivity index (χ2n) is 7.94. The molecule has 0 saturated heterocycles. The van der Waals surface area contributed by atoms with E-state index in [1.165, 1.54) is 0 Å². The fourth-order valence-corrected chi connectivity index (χ4v) is 3.53. The van der Waals surface area contributed by atoms with Gasteiger partial charge >= 0.3 is 0 Å². The van der Waals surface area contributed by atoms with E-state index in [1.54, 1.807) is 6.08 Å². The van der Waals surface area contributed by atoms with Gasteiger partial charge in [-0.3, -0.25) is 0 Å². The van der Waals surface area contributed by atoms with Crippen LogP contribution in [0.2, 0.25) is 0 Å². The molecule has 3 aromatic rings. The van der Waals surface area contributed by atoms with Crippen molar-refractivity contribution in [1.82, 2.24) is 0 Å². The minimum Gasteiger partial charge on any atom is -0.394 e. The molecule has 34 heavy (non-hydrogen) atoms. The molecule has 0 aliphatic carbocycles. The predicted molar refractivity (Wildman–Crippen MR) is 133 cm³/mol. The molecule has 0 heterocycles. The Balaban J connectivity index is 1.76. The lowest BCUT2D eigenvalue weighted by Gasteiger charge is -2.33. The molecule has 0 spiro atoms. The van der Waals surface area contributed by atoms with Crippen molar-refractivity contribution in [2.24, 2.45) is 0 Å². The van der Waals surface area contributed by atoms with Crippen LogP contribution in [0.15, 0.2) is 104 Å². The fraction of sp³-hybridized carbons (Fsp3) is 0.310. The summed E-state index contributed by atoms with van der Waals surface area (Å²) in [6, 6.07) is 29.7. The number of benzene rings is 3. The molecule has 0 bridgehead atoms. The first-order chi connectivity index (χ1) is 16.8. The zero-order valence-corrected chi connectivity index (χ0v) is 19.5. The molecule has 0 amide bonds. The predicted octanol–water partition coefficient (Wildman–Crippen LogP) is 4.94. The normalized spacial score (nSPS) is 13.8. The van der Waals surface area contributed by atoms with Crippen molar-refractivity contribution in [1.29, 1.82) is 0 Å². The minimum atomic E-state index is -0.600. The molecule has 3 rings (SSSR count). The van der Waals surface area contributed by atoms with Crippen molar-refractivity contribution in [3.8, 4) is 0 Å². The molecule has 1 N–H and O–H groups in total. The van der Waals surface area contributed by atoms with Crippen LogP contribution in [-0.4, -0.2) is 43.2 Å². The molecule has 3 aromatic carbocycles. The summed E-state index contributed by atoms with van der Waals surface area (Å²) in [5.41, 5.74) is 3.09. The van der Waals surface area contributed by atoms with Crippen LogP contribution in [0.1, 0.15) is 16.7 Å². The lowest BCUT2D eigenvalue weighted by Crippen LogP contribution is -2.46. The summed E-state index contributed by atoms with van der Waals surface area (Å²) in [6.45, 7) is 5.31. The molecule has 3 atom stereocenters. The monoisotopic (exact) mass is 462 g/mol. The van der Waals surface area contributed by atoms with Crippen LogP contribution in [-0.2, 0) is 38.8 Å². The third-order valence-electron chi connectivity index (χ3n) is 5.33. The van der Waals surface area contributed by atoms with Crippen LogP contribution in [0, 0.1) is 0 Å². The molecule has 180 valence electrons. The molecule has 0 aromatic heterocycles. The Morgan fingerprint density at radius 3 is 1.53 bits per heavy atom. The highest BCUT2D eigenvalue weighted by Crippen LogP contribution is 2.19. The Morgan fingerprint density at radius 1 is 0.647 bits per heavy atom. The Bertz CT molecular complexity index is 917. The lowest BCUT2D eigenvalue weighted by molar-refractivity contribution is -0.174. The van der Waals surface area contributed by atoms with Crippen molar-refractivity contribution >= 4 is 0 Å². The van der Waals surface area contributed by atoms with Crippen molar-refractivity contribution in [3.05, 3.63) is 120 Å². The summed E-state index contributed by atoms with van der Waals surface area (Å²) in [4.78, 5) is 0. The van der Waals surface area contributed by atoms with Crippen LogP contribution >= 0.6 is 0 Å². The summed E-state index contributed by atoms with van der Waals surface area (Å²) in [5, 5.41) is 10.3. The summed E-state index contributed by atoms with van der Waals surface area (Å²) >= 11 is 0. The smallest absolute Gasteiger partial charge is 0.115 e. The molecule has 0 aliphatic heterocycles. The van der Waals surface area contributed by atoms with Crippen molar-refractivity contribution in [2.75, 3.05) is 19.8 Å². The van der Waals surface area contributed by atoms with Crippen molar-refractivity contribution in [2.45, 2.75) is 38.1 Å². The Labute approximate surface area is 202 Å². The second kappa shape index (κ2) is 15.2. The Hall–Kier alpha value is -2.80. The average molecular weight is 463 g/mol.